The Morgan fingerprint density at radius 1 is 0.493 bits per heavy atom. The van der Waals surface area contributed by atoms with Gasteiger partial charge in [0.15, 0.2) is 7.28 Å². The first-order chi connectivity index (χ1) is 33.2. The number of fused-ring (bicyclic) bond motifs is 14. The Bertz CT molecular complexity index is 3910. The second-order valence-electron chi connectivity index (χ2n) is 23.0. The van der Waals surface area contributed by atoms with Gasteiger partial charge in [-0.25, -0.2) is 0 Å². The van der Waals surface area contributed by atoms with Crippen LogP contribution in [0.3, 0.4) is 0 Å². The van der Waals surface area contributed by atoms with Gasteiger partial charge in [0, 0.05) is 49.7 Å². The van der Waals surface area contributed by atoms with Gasteiger partial charge in [0.2, 0.25) is 0 Å². The molecule has 3 aliphatic carbocycles. The van der Waals surface area contributed by atoms with Crippen LogP contribution in [0.25, 0.3) is 82.8 Å². The van der Waals surface area contributed by atoms with E-state index >= 15 is 0 Å². The van der Waals surface area contributed by atoms with E-state index in [1.54, 1.807) is 0 Å². The van der Waals surface area contributed by atoms with Crippen molar-refractivity contribution in [1.82, 2.24) is 4.57 Å². The number of rotatable bonds is 4. The molecule has 4 aliphatic rings. The SMILES string of the molecule is Cc1ccc(Nc2cc3c(cc2-c2cc(-c4ccc5c(c4)Cc4ccccc4-5)c4c5ccc6ccccc6c5n5c4c2Bc2cc(C)ccc2-5)-c2cc4c(cc2C3(C)C)C(C)(C)CCC4(C)C)cc1. The number of anilines is 2. The lowest BCUT2D eigenvalue weighted by atomic mass is 9.58. The van der Waals surface area contributed by atoms with Crippen LogP contribution in [0.4, 0.5) is 11.4 Å². The molecule has 0 fully saturated rings. The molecule has 0 unspecified atom stereocenters. The van der Waals surface area contributed by atoms with Gasteiger partial charge in [0.05, 0.1) is 5.52 Å². The van der Waals surface area contributed by atoms with Crippen molar-refractivity contribution in [1.29, 1.82) is 0 Å². The van der Waals surface area contributed by atoms with E-state index in [1.807, 2.05) is 0 Å². The van der Waals surface area contributed by atoms with Gasteiger partial charge in [-0.3, -0.25) is 0 Å². The normalized spacial score (nSPS) is 16.1. The molecule has 1 N–H and O–H groups in total. The van der Waals surface area contributed by atoms with Crippen LogP contribution in [0.15, 0.2) is 152 Å². The van der Waals surface area contributed by atoms with E-state index in [2.05, 4.69) is 217 Å². The molecule has 69 heavy (non-hydrogen) atoms. The lowest BCUT2D eigenvalue weighted by molar-refractivity contribution is 0.331. The minimum absolute atomic E-state index is 0.104. The van der Waals surface area contributed by atoms with Gasteiger partial charge in [-0.2, -0.15) is 0 Å². The molecular formula is C66H57BN2. The topological polar surface area (TPSA) is 17.0 Å². The van der Waals surface area contributed by atoms with Gasteiger partial charge in [-0.05, 0) is 170 Å². The molecule has 2 heterocycles. The predicted molar refractivity (Wildman–Crippen MR) is 296 cm³/mol. The van der Waals surface area contributed by atoms with Gasteiger partial charge in [-0.1, -0.05) is 167 Å². The molecule has 0 bridgehead atoms. The van der Waals surface area contributed by atoms with Crippen molar-refractivity contribution in [3.8, 4) is 50.2 Å². The van der Waals surface area contributed by atoms with Crippen LogP contribution in [-0.4, -0.2) is 11.8 Å². The molecule has 0 amide bonds. The monoisotopic (exact) mass is 888 g/mol. The molecule has 0 radical (unpaired) electrons. The minimum Gasteiger partial charge on any atom is -0.355 e. The van der Waals surface area contributed by atoms with E-state index in [-0.39, 0.29) is 16.2 Å². The molecule has 0 saturated carbocycles. The Morgan fingerprint density at radius 3 is 2.01 bits per heavy atom. The summed E-state index contributed by atoms with van der Waals surface area (Å²) in [4.78, 5) is 0. The average molecular weight is 889 g/mol. The van der Waals surface area contributed by atoms with Crippen molar-refractivity contribution in [2.75, 3.05) is 5.32 Å². The first-order valence-electron chi connectivity index (χ1n) is 25.3. The Kier molecular flexibility index (Phi) is 8.31. The number of benzene rings is 9. The first-order valence-corrected chi connectivity index (χ1v) is 25.3. The van der Waals surface area contributed by atoms with Crippen LogP contribution >= 0.6 is 0 Å². The van der Waals surface area contributed by atoms with Crippen LogP contribution in [-0.2, 0) is 22.7 Å². The summed E-state index contributed by atoms with van der Waals surface area (Å²) in [5.74, 6) is 0. The molecule has 0 atom stereocenters. The largest absolute Gasteiger partial charge is 0.355 e. The summed E-state index contributed by atoms with van der Waals surface area (Å²) in [6.07, 6.45) is 3.35. The first kappa shape index (κ1) is 40.9. The van der Waals surface area contributed by atoms with Crippen LogP contribution in [0.2, 0.25) is 0 Å². The molecule has 10 aromatic rings. The summed E-state index contributed by atoms with van der Waals surface area (Å²) < 4.78 is 2.66. The maximum Gasteiger partial charge on any atom is 0.198 e. The summed E-state index contributed by atoms with van der Waals surface area (Å²) >= 11 is 0. The van der Waals surface area contributed by atoms with E-state index < -0.39 is 0 Å². The van der Waals surface area contributed by atoms with Gasteiger partial charge in [-0.15, -0.1) is 0 Å². The van der Waals surface area contributed by atoms with Crippen molar-refractivity contribution in [2.24, 2.45) is 0 Å². The highest BCUT2D eigenvalue weighted by atomic mass is 15.0. The second-order valence-corrected chi connectivity index (χ2v) is 23.0. The zero-order chi connectivity index (χ0) is 46.9. The average Bonchev–Trinajstić information content (AvgIpc) is 3.96. The number of hydrogen-bond acceptors (Lipinski definition) is 1. The van der Waals surface area contributed by atoms with E-state index in [0.717, 1.165) is 25.1 Å². The number of aryl methyl sites for hydroxylation is 2. The summed E-state index contributed by atoms with van der Waals surface area (Å²) in [6, 6.07) is 59.1. The number of aromatic nitrogens is 1. The molecule has 14 rings (SSSR count). The van der Waals surface area contributed by atoms with Crippen molar-refractivity contribution >= 4 is 62.2 Å². The Balaban J connectivity index is 1.12. The van der Waals surface area contributed by atoms with Crippen molar-refractivity contribution < 1.29 is 0 Å². The van der Waals surface area contributed by atoms with Gasteiger partial charge >= 0.3 is 0 Å². The van der Waals surface area contributed by atoms with E-state index in [0.29, 0.717) is 0 Å². The fraction of sp³-hybridized carbons (Fsp3) is 0.212. The van der Waals surface area contributed by atoms with Gasteiger partial charge in [0.1, 0.15) is 0 Å². The molecule has 9 aromatic carbocycles. The third kappa shape index (κ3) is 5.80. The second kappa shape index (κ2) is 14.0. The van der Waals surface area contributed by atoms with Gasteiger partial charge < -0.3 is 9.88 Å². The van der Waals surface area contributed by atoms with Crippen molar-refractivity contribution in [3.05, 3.63) is 196 Å². The minimum atomic E-state index is -0.186. The zero-order valence-electron chi connectivity index (χ0n) is 41.2. The third-order valence-electron chi connectivity index (χ3n) is 17.4. The maximum atomic E-state index is 4.08. The molecule has 334 valence electrons. The highest BCUT2D eigenvalue weighted by Crippen LogP contribution is 2.57. The van der Waals surface area contributed by atoms with Crippen LogP contribution < -0.4 is 16.2 Å². The number of hydrogen-bond donors (Lipinski definition) is 1. The lowest BCUT2D eigenvalue weighted by Crippen LogP contribution is -2.37. The molecule has 0 saturated heterocycles. The highest BCUT2D eigenvalue weighted by molar-refractivity contribution is 6.73. The Morgan fingerprint density at radius 2 is 1.19 bits per heavy atom. The summed E-state index contributed by atoms with van der Waals surface area (Å²) in [5, 5.41) is 9.28. The van der Waals surface area contributed by atoms with Crippen molar-refractivity contribution in [3.63, 3.8) is 0 Å². The molecular weight excluding hydrogens is 832 g/mol. The zero-order valence-corrected chi connectivity index (χ0v) is 41.2. The maximum absolute atomic E-state index is 4.08. The van der Waals surface area contributed by atoms with Gasteiger partial charge in [0.25, 0.3) is 0 Å². The van der Waals surface area contributed by atoms with E-state index in [1.165, 1.54) is 151 Å². The standard InChI is InChI=1S/C66H57BN2/c1-37-17-22-43(23-18-37)68-58-36-54-49(50-34-55-56(35-53(50)66(54,7)8)65(5,6)28-27-64(55,3)4)33-51(58)52-32-48(41-21-24-45-42(31-41)30-40-14-10-11-15-44(40)45)60-47-25-20-39-13-9-12-16-46(39)62(47)69-59-26-19-38(2)29-57(59)67-61(52)63(60)69/h9-26,29,31-36,67-68H,27-28,30H2,1-8H3. The Labute approximate surface area is 407 Å². The summed E-state index contributed by atoms with van der Waals surface area (Å²) in [6.45, 7) is 19.2. The molecule has 1 aromatic heterocycles. The lowest BCUT2D eigenvalue weighted by Gasteiger charge is -2.42. The Hall–Kier alpha value is -7.10. The van der Waals surface area contributed by atoms with Crippen LogP contribution in [0.5, 0.6) is 0 Å². The summed E-state index contributed by atoms with van der Waals surface area (Å²) in [7, 11) is 0.844. The fourth-order valence-corrected chi connectivity index (χ4v) is 13.5. The molecule has 1 aliphatic heterocycles. The van der Waals surface area contributed by atoms with E-state index in [4.69, 9.17) is 0 Å². The number of nitrogens with zero attached hydrogens (tertiary/aromatic N) is 1. The highest BCUT2D eigenvalue weighted by Gasteiger charge is 2.43. The van der Waals surface area contributed by atoms with Crippen LogP contribution in [0, 0.1) is 13.8 Å². The third-order valence-corrected chi connectivity index (χ3v) is 17.4. The smallest absolute Gasteiger partial charge is 0.198 e. The molecule has 2 nitrogen and oxygen atoms in total. The van der Waals surface area contributed by atoms with Crippen molar-refractivity contribution in [2.45, 2.75) is 90.9 Å². The fourth-order valence-electron chi connectivity index (χ4n) is 13.5. The van der Waals surface area contributed by atoms with E-state index in [9.17, 15) is 0 Å². The number of nitrogens with one attached hydrogen (secondary N) is 1. The molecule has 3 heteroatoms. The summed E-state index contributed by atoms with van der Waals surface area (Å²) in [5.41, 5.74) is 30.8. The van der Waals surface area contributed by atoms with Crippen LogP contribution in [0.1, 0.15) is 98.9 Å². The quantitative estimate of drug-likeness (QED) is 0.174. The molecule has 0 spiro atoms. The predicted octanol–water partition coefficient (Wildman–Crippen LogP) is 15.6.